The molecule has 0 amide bonds. The minimum Gasteiger partial charge on any atom is -0.630 e. The molecule has 1 aromatic rings. The monoisotopic (exact) mass is 269 g/mol. The Morgan fingerprint density at radius 1 is 1.28 bits per heavy atom. The molecule has 0 aliphatic rings. The molecular weight excluding hydrogens is 261 g/mol. The van der Waals surface area contributed by atoms with Gasteiger partial charge in [-0.2, -0.15) is 22.0 Å². The molecule has 0 aliphatic heterocycles. The third kappa shape index (κ3) is 2.96. The first kappa shape index (κ1) is 14.4. The van der Waals surface area contributed by atoms with Crippen LogP contribution in [0, 0.1) is 5.21 Å². The van der Waals surface area contributed by atoms with Gasteiger partial charge in [-0.15, -0.1) is 0 Å². The number of hydrogen-bond donors (Lipinski definition) is 1. The SMILES string of the molecule is COc1ccc(C(=C(F)F)C(F)(F)F)cc1[NH2+][O-]. The highest BCUT2D eigenvalue weighted by molar-refractivity contribution is 5.73. The fourth-order valence-electron chi connectivity index (χ4n) is 1.36. The molecule has 100 valence electrons. The number of hydrogen-bond acceptors (Lipinski definition) is 2. The molecule has 0 saturated carbocycles. The number of alkyl halides is 3. The maximum Gasteiger partial charge on any atom is 0.422 e. The van der Waals surface area contributed by atoms with E-state index < -0.39 is 23.4 Å². The van der Waals surface area contributed by atoms with Gasteiger partial charge in [0.15, 0.2) is 11.4 Å². The second-order valence-corrected chi connectivity index (χ2v) is 3.21. The fraction of sp³-hybridized carbons (Fsp3) is 0.200. The number of methoxy groups -OCH3 is 1. The van der Waals surface area contributed by atoms with Gasteiger partial charge in [0.1, 0.15) is 5.57 Å². The molecule has 0 spiro atoms. The Bertz CT molecular complexity index is 466. The summed E-state index contributed by atoms with van der Waals surface area (Å²) in [6, 6.07) is 2.54. The molecule has 0 unspecified atom stereocenters. The van der Waals surface area contributed by atoms with Crippen LogP contribution in [0.25, 0.3) is 5.57 Å². The lowest BCUT2D eigenvalue weighted by atomic mass is 10.1. The average Bonchev–Trinajstić information content (AvgIpc) is 2.26. The standard InChI is InChI=1S/C10H8F5NO2/c1-18-7-3-2-5(4-6(7)16-17)8(9(11)12)10(13,14)15/h2-4H,16H2,1H3. The molecular formula is C10H8F5NO2. The highest BCUT2D eigenvalue weighted by atomic mass is 19.4. The van der Waals surface area contributed by atoms with Gasteiger partial charge in [-0.25, -0.2) is 0 Å². The van der Waals surface area contributed by atoms with Gasteiger partial charge in [0, 0.05) is 6.07 Å². The summed E-state index contributed by atoms with van der Waals surface area (Å²) >= 11 is 0. The summed E-state index contributed by atoms with van der Waals surface area (Å²) in [5, 5.41) is 10.6. The summed E-state index contributed by atoms with van der Waals surface area (Å²) in [6.45, 7) is 0. The molecule has 1 rings (SSSR count). The first-order valence-corrected chi connectivity index (χ1v) is 4.57. The van der Waals surface area contributed by atoms with Gasteiger partial charge in [-0.1, -0.05) is 6.07 Å². The van der Waals surface area contributed by atoms with Crippen LogP contribution in [-0.4, -0.2) is 13.3 Å². The Hall–Kier alpha value is -1.67. The van der Waals surface area contributed by atoms with Gasteiger partial charge in [0.05, 0.1) is 7.11 Å². The number of nitrogens with two attached hydrogens (primary N) is 1. The van der Waals surface area contributed by atoms with E-state index in [1.165, 1.54) is 7.11 Å². The number of allylic oxidation sites excluding steroid dienone is 1. The van der Waals surface area contributed by atoms with Crippen molar-refractivity contribution in [1.82, 2.24) is 0 Å². The maximum atomic E-state index is 12.4. The molecule has 0 atom stereocenters. The van der Waals surface area contributed by atoms with E-state index in [-0.39, 0.29) is 16.9 Å². The van der Waals surface area contributed by atoms with Gasteiger partial charge in [0.2, 0.25) is 0 Å². The van der Waals surface area contributed by atoms with E-state index in [0.29, 0.717) is 6.07 Å². The molecule has 2 N–H and O–H groups in total. The zero-order chi connectivity index (χ0) is 13.9. The molecule has 0 fully saturated rings. The molecule has 0 saturated heterocycles. The molecule has 1 aromatic carbocycles. The summed E-state index contributed by atoms with van der Waals surface area (Å²) < 4.78 is 66.6. The molecule has 3 nitrogen and oxygen atoms in total. The minimum atomic E-state index is -5.20. The summed E-state index contributed by atoms with van der Waals surface area (Å²) in [4.78, 5) is 0. The van der Waals surface area contributed by atoms with E-state index in [1.807, 2.05) is 0 Å². The lowest BCUT2D eigenvalue weighted by Gasteiger charge is -2.13. The first-order chi connectivity index (χ1) is 8.31. The smallest absolute Gasteiger partial charge is 0.422 e. The predicted molar refractivity (Wildman–Crippen MR) is 53.1 cm³/mol. The molecule has 0 aromatic heterocycles. The van der Waals surface area contributed by atoms with Gasteiger partial charge in [0.25, 0.3) is 6.08 Å². The van der Waals surface area contributed by atoms with E-state index in [1.54, 1.807) is 0 Å². The number of ether oxygens (including phenoxy) is 1. The summed E-state index contributed by atoms with van der Waals surface area (Å²) in [5.74, 6) is 0.00883. The zero-order valence-corrected chi connectivity index (χ0v) is 9.02. The van der Waals surface area contributed by atoms with Gasteiger partial charge < -0.3 is 15.4 Å². The number of rotatable bonds is 3. The van der Waals surface area contributed by atoms with Crippen molar-refractivity contribution in [3.8, 4) is 5.75 Å². The van der Waals surface area contributed by atoms with Gasteiger partial charge >= 0.3 is 6.18 Å². The van der Waals surface area contributed by atoms with Crippen LogP contribution >= 0.6 is 0 Å². The Labute approximate surface area is 98.4 Å². The van der Waals surface area contributed by atoms with E-state index in [9.17, 15) is 27.2 Å². The number of quaternary nitrogens is 1. The van der Waals surface area contributed by atoms with Crippen LogP contribution in [0.1, 0.15) is 5.56 Å². The van der Waals surface area contributed by atoms with Crippen molar-refractivity contribution in [1.29, 1.82) is 0 Å². The van der Waals surface area contributed by atoms with E-state index in [0.717, 1.165) is 12.1 Å². The highest BCUT2D eigenvalue weighted by Gasteiger charge is 2.39. The molecule has 18 heavy (non-hydrogen) atoms. The predicted octanol–water partition coefficient (Wildman–Crippen LogP) is 2.56. The Kier molecular flexibility index (Phi) is 4.25. The first-order valence-electron chi connectivity index (χ1n) is 4.57. The fourth-order valence-corrected chi connectivity index (χ4v) is 1.36. The molecule has 8 heteroatoms. The third-order valence-corrected chi connectivity index (χ3v) is 2.12. The lowest BCUT2D eigenvalue weighted by molar-refractivity contribution is -0.497. The third-order valence-electron chi connectivity index (χ3n) is 2.12. The van der Waals surface area contributed by atoms with Crippen molar-refractivity contribution < 1.29 is 32.2 Å². The van der Waals surface area contributed by atoms with Crippen LogP contribution in [0.2, 0.25) is 0 Å². The summed E-state index contributed by atoms with van der Waals surface area (Å²) in [6.07, 6.45) is -8.06. The van der Waals surface area contributed by atoms with Crippen LogP contribution in [-0.2, 0) is 0 Å². The van der Waals surface area contributed by atoms with E-state index in [4.69, 9.17) is 4.74 Å². The second-order valence-electron chi connectivity index (χ2n) is 3.21. The normalized spacial score (nSPS) is 11.3. The summed E-state index contributed by atoms with van der Waals surface area (Å²) in [5.41, 5.74) is -2.86. The van der Waals surface area contributed by atoms with Crippen LogP contribution in [0.4, 0.5) is 27.6 Å². The van der Waals surface area contributed by atoms with Crippen molar-refractivity contribution in [3.63, 3.8) is 0 Å². The van der Waals surface area contributed by atoms with E-state index >= 15 is 0 Å². The topological polar surface area (TPSA) is 48.9 Å². The minimum absolute atomic E-state index is 0.00883. The highest BCUT2D eigenvalue weighted by Crippen LogP contribution is 2.38. The van der Waals surface area contributed by atoms with Crippen LogP contribution in [0.5, 0.6) is 5.75 Å². The van der Waals surface area contributed by atoms with Gasteiger partial charge in [-0.05, 0) is 11.6 Å². The Morgan fingerprint density at radius 2 is 1.89 bits per heavy atom. The summed E-state index contributed by atoms with van der Waals surface area (Å²) in [7, 11) is 1.21. The zero-order valence-electron chi connectivity index (χ0n) is 9.02. The quantitative estimate of drug-likeness (QED) is 0.521. The average molecular weight is 269 g/mol. The lowest BCUT2D eigenvalue weighted by Crippen LogP contribution is -2.70. The van der Waals surface area contributed by atoms with Crippen LogP contribution < -0.4 is 10.2 Å². The van der Waals surface area contributed by atoms with Crippen LogP contribution in [0.3, 0.4) is 0 Å². The van der Waals surface area contributed by atoms with Crippen molar-refractivity contribution >= 4 is 11.3 Å². The maximum absolute atomic E-state index is 12.4. The van der Waals surface area contributed by atoms with Crippen molar-refractivity contribution in [2.75, 3.05) is 7.11 Å². The van der Waals surface area contributed by atoms with Crippen LogP contribution in [0.15, 0.2) is 24.3 Å². The molecule has 0 aliphatic carbocycles. The number of halogens is 5. The Balaban J connectivity index is 3.37. The largest absolute Gasteiger partial charge is 0.630 e. The van der Waals surface area contributed by atoms with Gasteiger partial charge in [-0.3, -0.25) is 0 Å². The van der Waals surface area contributed by atoms with Crippen molar-refractivity contribution in [2.24, 2.45) is 0 Å². The Morgan fingerprint density at radius 3 is 2.28 bits per heavy atom. The molecule has 0 bridgehead atoms. The van der Waals surface area contributed by atoms with Crippen molar-refractivity contribution in [3.05, 3.63) is 35.1 Å². The number of benzene rings is 1. The van der Waals surface area contributed by atoms with Crippen molar-refractivity contribution in [2.45, 2.75) is 6.18 Å². The van der Waals surface area contributed by atoms with E-state index in [2.05, 4.69) is 0 Å². The molecule has 0 radical (unpaired) electrons. The second kappa shape index (κ2) is 5.32. The molecule has 0 heterocycles.